The fourth-order valence-electron chi connectivity index (χ4n) is 1.20. The van der Waals surface area contributed by atoms with Crippen molar-refractivity contribution in [3.05, 3.63) is 15.6 Å². The highest BCUT2D eigenvalue weighted by Gasteiger charge is 2.15. The SMILES string of the molecule is COCCc1nc(C(=O)NCC(=O)O)c(C)s1. The van der Waals surface area contributed by atoms with E-state index in [4.69, 9.17) is 9.84 Å². The van der Waals surface area contributed by atoms with Gasteiger partial charge in [-0.2, -0.15) is 0 Å². The van der Waals surface area contributed by atoms with Crippen molar-refractivity contribution in [2.24, 2.45) is 0 Å². The highest BCUT2D eigenvalue weighted by Crippen LogP contribution is 2.17. The molecule has 0 unspecified atom stereocenters. The number of aliphatic carboxylic acids is 1. The number of thiazole rings is 1. The number of aromatic nitrogens is 1. The second kappa shape index (κ2) is 6.31. The summed E-state index contributed by atoms with van der Waals surface area (Å²) in [6.45, 7) is 1.93. The van der Waals surface area contributed by atoms with Crippen LogP contribution in [0.4, 0.5) is 0 Å². The first-order valence-corrected chi connectivity index (χ1v) is 5.81. The van der Waals surface area contributed by atoms with E-state index in [1.165, 1.54) is 11.3 Å². The Labute approximate surface area is 103 Å². The number of hydrogen-bond acceptors (Lipinski definition) is 5. The first kappa shape index (κ1) is 13.6. The van der Waals surface area contributed by atoms with Gasteiger partial charge in [0, 0.05) is 18.4 Å². The van der Waals surface area contributed by atoms with Crippen LogP contribution in [-0.4, -0.2) is 42.2 Å². The summed E-state index contributed by atoms with van der Waals surface area (Å²) in [5, 5.41) is 11.5. The van der Waals surface area contributed by atoms with Crippen LogP contribution in [0.3, 0.4) is 0 Å². The molecular formula is C10H14N2O4S. The molecule has 0 aliphatic rings. The Morgan fingerprint density at radius 1 is 1.53 bits per heavy atom. The number of carboxylic acids is 1. The minimum Gasteiger partial charge on any atom is -0.480 e. The fourth-order valence-corrected chi connectivity index (χ4v) is 2.11. The minimum atomic E-state index is -1.08. The molecular weight excluding hydrogens is 244 g/mol. The van der Waals surface area contributed by atoms with Crippen molar-refractivity contribution in [1.29, 1.82) is 0 Å². The molecule has 0 saturated heterocycles. The standard InChI is InChI=1S/C10H14N2O4S/c1-6-9(10(15)11-5-8(13)14)12-7(17-6)3-4-16-2/h3-5H2,1-2H3,(H,11,15)(H,13,14). The van der Waals surface area contributed by atoms with Crippen LogP contribution in [0.5, 0.6) is 0 Å². The molecule has 0 atom stereocenters. The lowest BCUT2D eigenvalue weighted by atomic mass is 10.3. The smallest absolute Gasteiger partial charge is 0.322 e. The van der Waals surface area contributed by atoms with E-state index in [1.807, 2.05) is 0 Å². The van der Waals surface area contributed by atoms with Crippen molar-refractivity contribution >= 4 is 23.2 Å². The van der Waals surface area contributed by atoms with Crippen LogP contribution in [0, 0.1) is 6.92 Å². The highest BCUT2D eigenvalue weighted by atomic mass is 32.1. The van der Waals surface area contributed by atoms with E-state index in [0.29, 0.717) is 18.7 Å². The summed E-state index contributed by atoms with van der Waals surface area (Å²) in [5.41, 5.74) is 0.294. The van der Waals surface area contributed by atoms with Crippen LogP contribution in [-0.2, 0) is 16.0 Å². The van der Waals surface area contributed by atoms with Crippen LogP contribution in [0.2, 0.25) is 0 Å². The third kappa shape index (κ3) is 4.12. The van der Waals surface area contributed by atoms with Crippen molar-refractivity contribution in [3.63, 3.8) is 0 Å². The van der Waals surface area contributed by atoms with Gasteiger partial charge < -0.3 is 15.2 Å². The first-order valence-electron chi connectivity index (χ1n) is 4.99. The number of methoxy groups -OCH3 is 1. The molecule has 17 heavy (non-hydrogen) atoms. The second-order valence-corrected chi connectivity index (χ2v) is 4.62. The molecule has 0 aliphatic carbocycles. The van der Waals surface area contributed by atoms with Crippen molar-refractivity contribution in [2.75, 3.05) is 20.3 Å². The Morgan fingerprint density at radius 2 is 2.24 bits per heavy atom. The summed E-state index contributed by atoms with van der Waals surface area (Å²) in [4.78, 5) is 26.8. The topological polar surface area (TPSA) is 88.5 Å². The molecule has 1 heterocycles. The Kier molecular flexibility index (Phi) is 5.05. The van der Waals surface area contributed by atoms with Crippen LogP contribution >= 0.6 is 11.3 Å². The molecule has 1 amide bonds. The van der Waals surface area contributed by atoms with E-state index in [2.05, 4.69) is 10.3 Å². The Balaban J connectivity index is 2.66. The monoisotopic (exact) mass is 258 g/mol. The van der Waals surface area contributed by atoms with Gasteiger partial charge in [0.15, 0.2) is 0 Å². The van der Waals surface area contributed by atoms with E-state index in [9.17, 15) is 9.59 Å². The molecule has 2 N–H and O–H groups in total. The average Bonchev–Trinajstić information content (AvgIpc) is 2.64. The fraction of sp³-hybridized carbons (Fsp3) is 0.500. The van der Waals surface area contributed by atoms with Gasteiger partial charge in [-0.15, -0.1) is 11.3 Å². The molecule has 1 rings (SSSR count). The molecule has 0 fully saturated rings. The maximum atomic E-state index is 11.6. The summed E-state index contributed by atoms with van der Waals surface area (Å²) in [7, 11) is 1.60. The van der Waals surface area contributed by atoms with Crippen LogP contribution in [0.15, 0.2) is 0 Å². The third-order valence-corrected chi connectivity index (χ3v) is 3.01. The zero-order valence-corrected chi connectivity index (χ0v) is 10.5. The van der Waals surface area contributed by atoms with Crippen LogP contribution in [0.1, 0.15) is 20.4 Å². The number of aryl methyl sites for hydroxylation is 1. The lowest BCUT2D eigenvalue weighted by Gasteiger charge is -1.99. The first-order chi connectivity index (χ1) is 8.04. The van der Waals surface area contributed by atoms with E-state index < -0.39 is 18.4 Å². The van der Waals surface area contributed by atoms with Gasteiger partial charge in [-0.1, -0.05) is 0 Å². The quantitative estimate of drug-likeness (QED) is 0.773. The number of hydrogen-bond donors (Lipinski definition) is 2. The zero-order valence-electron chi connectivity index (χ0n) is 9.65. The van der Waals surface area contributed by atoms with E-state index >= 15 is 0 Å². The number of ether oxygens (including phenoxy) is 1. The van der Waals surface area contributed by atoms with Gasteiger partial charge in [-0.25, -0.2) is 4.98 Å². The predicted molar refractivity (Wildman–Crippen MR) is 62.4 cm³/mol. The molecule has 0 saturated carbocycles. The summed E-state index contributed by atoms with van der Waals surface area (Å²) < 4.78 is 4.92. The molecule has 94 valence electrons. The lowest BCUT2D eigenvalue weighted by Crippen LogP contribution is -2.29. The van der Waals surface area contributed by atoms with Crippen molar-refractivity contribution in [2.45, 2.75) is 13.3 Å². The van der Waals surface area contributed by atoms with E-state index in [1.54, 1.807) is 14.0 Å². The van der Waals surface area contributed by atoms with Crippen molar-refractivity contribution in [1.82, 2.24) is 10.3 Å². The summed E-state index contributed by atoms with van der Waals surface area (Å²) >= 11 is 1.42. The average molecular weight is 258 g/mol. The lowest BCUT2D eigenvalue weighted by molar-refractivity contribution is -0.135. The second-order valence-electron chi connectivity index (χ2n) is 3.33. The highest BCUT2D eigenvalue weighted by molar-refractivity contribution is 7.11. The molecule has 0 aliphatic heterocycles. The number of carboxylic acid groups (broad SMARTS) is 1. The van der Waals surface area contributed by atoms with E-state index in [0.717, 1.165) is 9.88 Å². The summed E-state index contributed by atoms with van der Waals surface area (Å²) in [6, 6.07) is 0. The minimum absolute atomic E-state index is 0.294. The normalized spacial score (nSPS) is 10.2. The van der Waals surface area contributed by atoms with Crippen LogP contribution in [0.25, 0.3) is 0 Å². The number of rotatable bonds is 6. The molecule has 0 spiro atoms. The van der Waals surface area contributed by atoms with Crippen molar-refractivity contribution < 1.29 is 19.4 Å². The molecule has 7 heteroatoms. The van der Waals surface area contributed by atoms with Gasteiger partial charge in [-0.3, -0.25) is 9.59 Å². The van der Waals surface area contributed by atoms with Gasteiger partial charge in [0.05, 0.1) is 11.6 Å². The van der Waals surface area contributed by atoms with Gasteiger partial charge in [0.1, 0.15) is 12.2 Å². The predicted octanol–water partition coefficient (Wildman–Crippen LogP) is 0.455. The summed E-state index contributed by atoms with van der Waals surface area (Å²) in [5.74, 6) is -1.53. The maximum Gasteiger partial charge on any atom is 0.322 e. The van der Waals surface area contributed by atoms with Gasteiger partial charge in [0.2, 0.25) is 0 Å². The third-order valence-electron chi connectivity index (χ3n) is 1.98. The molecule has 1 aromatic rings. The number of carbonyl (C=O) groups is 2. The zero-order chi connectivity index (χ0) is 12.8. The molecule has 1 aromatic heterocycles. The summed E-state index contributed by atoms with van der Waals surface area (Å²) in [6.07, 6.45) is 0.647. The maximum absolute atomic E-state index is 11.6. The number of nitrogens with zero attached hydrogens (tertiary/aromatic N) is 1. The Hall–Kier alpha value is -1.47. The molecule has 6 nitrogen and oxygen atoms in total. The Morgan fingerprint density at radius 3 is 2.82 bits per heavy atom. The molecule has 0 aromatic carbocycles. The number of nitrogens with one attached hydrogen (secondary N) is 1. The molecule has 0 bridgehead atoms. The number of amides is 1. The molecule has 0 radical (unpaired) electrons. The van der Waals surface area contributed by atoms with Gasteiger partial charge in [0.25, 0.3) is 5.91 Å². The van der Waals surface area contributed by atoms with Crippen LogP contribution < -0.4 is 5.32 Å². The number of carbonyl (C=O) groups excluding carboxylic acids is 1. The van der Waals surface area contributed by atoms with Gasteiger partial charge in [-0.05, 0) is 6.92 Å². The van der Waals surface area contributed by atoms with Gasteiger partial charge >= 0.3 is 5.97 Å². The van der Waals surface area contributed by atoms with E-state index in [-0.39, 0.29) is 0 Å². The van der Waals surface area contributed by atoms with Crippen molar-refractivity contribution in [3.8, 4) is 0 Å². The largest absolute Gasteiger partial charge is 0.480 e. The Bertz CT molecular complexity index is 416.